The second-order valence-corrected chi connectivity index (χ2v) is 7.85. The molecular formula is C23H22ClN7O. The van der Waals surface area contributed by atoms with Crippen molar-refractivity contribution in [3.05, 3.63) is 82.2 Å². The van der Waals surface area contributed by atoms with Crippen molar-refractivity contribution in [2.75, 3.05) is 0 Å². The third-order valence-corrected chi connectivity index (χ3v) is 5.29. The van der Waals surface area contributed by atoms with Gasteiger partial charge in [-0.3, -0.25) is 14.8 Å². The first-order valence-corrected chi connectivity index (χ1v) is 10.6. The van der Waals surface area contributed by atoms with Gasteiger partial charge in [0.25, 0.3) is 5.91 Å². The number of aryl methyl sites for hydroxylation is 3. The van der Waals surface area contributed by atoms with E-state index in [4.69, 9.17) is 11.6 Å². The molecule has 32 heavy (non-hydrogen) atoms. The highest BCUT2D eigenvalue weighted by Gasteiger charge is 2.15. The van der Waals surface area contributed by atoms with E-state index >= 15 is 0 Å². The van der Waals surface area contributed by atoms with Gasteiger partial charge in [0.2, 0.25) is 0 Å². The van der Waals surface area contributed by atoms with Crippen molar-refractivity contribution >= 4 is 17.5 Å². The molecule has 9 heteroatoms. The summed E-state index contributed by atoms with van der Waals surface area (Å²) in [5.74, 6) is 0.447. The van der Waals surface area contributed by atoms with Crippen LogP contribution >= 0.6 is 11.6 Å². The van der Waals surface area contributed by atoms with Gasteiger partial charge < -0.3 is 5.32 Å². The number of hydrogen-bond donors (Lipinski definition) is 1. The molecule has 0 atom stereocenters. The summed E-state index contributed by atoms with van der Waals surface area (Å²) in [5.41, 5.74) is 5.32. The first kappa shape index (κ1) is 21.6. The molecule has 0 aliphatic rings. The Kier molecular flexibility index (Phi) is 6.23. The minimum absolute atomic E-state index is 0.246. The van der Waals surface area contributed by atoms with Gasteiger partial charge in [0, 0.05) is 28.8 Å². The fourth-order valence-corrected chi connectivity index (χ4v) is 3.63. The molecule has 4 aromatic rings. The van der Waals surface area contributed by atoms with Crippen molar-refractivity contribution in [2.24, 2.45) is 0 Å². The van der Waals surface area contributed by atoms with Gasteiger partial charge in [-0.25, -0.2) is 0 Å². The molecule has 2 aromatic heterocycles. The summed E-state index contributed by atoms with van der Waals surface area (Å²) in [7, 11) is 0. The van der Waals surface area contributed by atoms with Crippen molar-refractivity contribution in [3.63, 3.8) is 0 Å². The highest BCUT2D eigenvalue weighted by atomic mass is 35.5. The van der Waals surface area contributed by atoms with Gasteiger partial charge in [0.15, 0.2) is 5.82 Å². The number of rotatable bonds is 6. The zero-order valence-electron chi connectivity index (χ0n) is 18.0. The van der Waals surface area contributed by atoms with E-state index in [2.05, 4.69) is 30.8 Å². The average Bonchev–Trinajstić information content (AvgIpc) is 3.27. The molecule has 0 unspecified atom stereocenters. The molecule has 8 nitrogen and oxygen atoms in total. The van der Waals surface area contributed by atoms with Crippen LogP contribution in [0.1, 0.15) is 40.1 Å². The normalized spacial score (nSPS) is 10.9. The van der Waals surface area contributed by atoms with Gasteiger partial charge in [-0.05, 0) is 59.7 Å². The summed E-state index contributed by atoms with van der Waals surface area (Å²) < 4.78 is 1.63. The smallest absolute Gasteiger partial charge is 0.251 e. The summed E-state index contributed by atoms with van der Waals surface area (Å²) in [6.07, 6.45) is 3.97. The summed E-state index contributed by atoms with van der Waals surface area (Å²) in [6.45, 7) is 6.08. The van der Waals surface area contributed by atoms with Gasteiger partial charge in [-0.15, -0.1) is 5.10 Å². The maximum Gasteiger partial charge on any atom is 0.251 e. The van der Waals surface area contributed by atoms with Crippen molar-refractivity contribution in [2.45, 2.75) is 33.7 Å². The monoisotopic (exact) mass is 447 g/mol. The summed E-state index contributed by atoms with van der Waals surface area (Å²) >= 11 is 6.52. The maximum atomic E-state index is 13.0. The molecule has 0 bridgehead atoms. The number of amides is 1. The van der Waals surface area contributed by atoms with Gasteiger partial charge in [0.05, 0.1) is 29.8 Å². The van der Waals surface area contributed by atoms with E-state index in [9.17, 15) is 4.79 Å². The number of carbonyl (C=O) groups is 1. The molecule has 0 radical (unpaired) electrons. The van der Waals surface area contributed by atoms with Gasteiger partial charge >= 0.3 is 0 Å². The largest absolute Gasteiger partial charge is 0.346 e. The van der Waals surface area contributed by atoms with Crippen LogP contribution in [-0.2, 0) is 13.0 Å². The zero-order chi connectivity index (χ0) is 22.7. The molecule has 0 spiro atoms. The first-order chi connectivity index (χ1) is 15.4. The standard InChI is InChI=1S/C23H22ClN7O/c1-4-22-28-29-30-31(22)19-9-16(20-6-5-14(2)7-21(20)24)8-17(10-19)23(32)27-13-18-12-25-15(3)11-26-18/h5-12H,4,13H2,1-3H3,(H,27,32). The Morgan fingerprint density at radius 1 is 1.09 bits per heavy atom. The Morgan fingerprint density at radius 2 is 1.94 bits per heavy atom. The van der Waals surface area contributed by atoms with Crippen molar-refractivity contribution in [1.82, 2.24) is 35.5 Å². The lowest BCUT2D eigenvalue weighted by Gasteiger charge is -2.12. The number of aromatic nitrogens is 6. The Bertz CT molecular complexity index is 1270. The van der Waals surface area contributed by atoms with Crippen molar-refractivity contribution in [3.8, 4) is 16.8 Å². The maximum absolute atomic E-state index is 13.0. The van der Waals surface area contributed by atoms with Crippen LogP contribution < -0.4 is 5.32 Å². The molecule has 1 amide bonds. The number of nitrogens with one attached hydrogen (secondary N) is 1. The van der Waals surface area contributed by atoms with E-state index in [1.807, 2.05) is 51.1 Å². The number of carbonyl (C=O) groups excluding carboxylic acids is 1. The SMILES string of the molecule is CCc1nnnn1-c1cc(C(=O)NCc2cnc(C)cn2)cc(-c2ccc(C)cc2Cl)c1. The van der Waals surface area contributed by atoms with E-state index in [-0.39, 0.29) is 12.5 Å². The molecule has 0 saturated carbocycles. The Morgan fingerprint density at radius 3 is 2.66 bits per heavy atom. The van der Waals surface area contributed by atoms with Crippen LogP contribution in [-0.4, -0.2) is 36.1 Å². The molecular weight excluding hydrogens is 426 g/mol. The lowest BCUT2D eigenvalue weighted by Crippen LogP contribution is -2.23. The Labute approximate surface area is 190 Å². The van der Waals surface area contributed by atoms with Crippen LogP contribution in [0.5, 0.6) is 0 Å². The number of tetrazole rings is 1. The van der Waals surface area contributed by atoms with Crippen LogP contribution in [0.2, 0.25) is 5.02 Å². The van der Waals surface area contributed by atoms with Gasteiger partial charge in [-0.2, -0.15) is 4.68 Å². The van der Waals surface area contributed by atoms with Crippen LogP contribution in [0.25, 0.3) is 16.8 Å². The van der Waals surface area contributed by atoms with E-state index in [1.54, 1.807) is 23.1 Å². The lowest BCUT2D eigenvalue weighted by atomic mass is 10.0. The molecule has 0 aliphatic carbocycles. The topological polar surface area (TPSA) is 98.5 Å². The van der Waals surface area contributed by atoms with Crippen molar-refractivity contribution < 1.29 is 4.79 Å². The molecule has 2 aromatic carbocycles. The first-order valence-electron chi connectivity index (χ1n) is 10.2. The average molecular weight is 448 g/mol. The number of nitrogens with zero attached hydrogens (tertiary/aromatic N) is 6. The van der Waals surface area contributed by atoms with Gasteiger partial charge in [-0.1, -0.05) is 30.7 Å². The predicted octanol–water partition coefficient (Wildman–Crippen LogP) is 3.88. The van der Waals surface area contributed by atoms with Crippen LogP contribution in [0.3, 0.4) is 0 Å². The predicted molar refractivity (Wildman–Crippen MR) is 122 cm³/mol. The van der Waals surface area contributed by atoms with Gasteiger partial charge in [0.1, 0.15) is 0 Å². The van der Waals surface area contributed by atoms with E-state index < -0.39 is 0 Å². The number of benzene rings is 2. The van der Waals surface area contributed by atoms with E-state index in [1.165, 1.54) is 0 Å². The number of hydrogen-bond acceptors (Lipinski definition) is 6. The summed E-state index contributed by atoms with van der Waals surface area (Å²) in [6, 6.07) is 11.3. The highest BCUT2D eigenvalue weighted by molar-refractivity contribution is 6.33. The summed E-state index contributed by atoms with van der Waals surface area (Å²) in [5, 5.41) is 15.5. The fraction of sp³-hybridized carbons (Fsp3) is 0.217. The second kappa shape index (κ2) is 9.23. The fourth-order valence-electron chi connectivity index (χ4n) is 3.28. The molecule has 4 rings (SSSR count). The van der Waals surface area contributed by atoms with Crippen LogP contribution in [0, 0.1) is 13.8 Å². The van der Waals surface area contributed by atoms with Crippen molar-refractivity contribution in [1.29, 1.82) is 0 Å². The van der Waals surface area contributed by atoms with E-state index in [0.717, 1.165) is 22.4 Å². The minimum Gasteiger partial charge on any atom is -0.346 e. The Hall–Kier alpha value is -3.65. The molecule has 162 valence electrons. The summed E-state index contributed by atoms with van der Waals surface area (Å²) in [4.78, 5) is 21.5. The third kappa shape index (κ3) is 4.65. The quantitative estimate of drug-likeness (QED) is 0.481. The molecule has 1 N–H and O–H groups in total. The highest BCUT2D eigenvalue weighted by Crippen LogP contribution is 2.31. The third-order valence-electron chi connectivity index (χ3n) is 4.97. The second-order valence-electron chi connectivity index (χ2n) is 7.44. The Balaban J connectivity index is 1.72. The van der Waals surface area contributed by atoms with Crippen LogP contribution in [0.4, 0.5) is 0 Å². The lowest BCUT2D eigenvalue weighted by molar-refractivity contribution is 0.0950. The van der Waals surface area contributed by atoms with Crippen LogP contribution in [0.15, 0.2) is 48.8 Å². The minimum atomic E-state index is -0.246. The molecule has 2 heterocycles. The molecule has 0 aliphatic heterocycles. The number of halogens is 1. The van der Waals surface area contributed by atoms with E-state index in [0.29, 0.717) is 34.2 Å². The molecule has 0 saturated heterocycles. The zero-order valence-corrected chi connectivity index (χ0v) is 18.8. The molecule has 0 fully saturated rings.